The minimum atomic E-state index is -0.180. The third-order valence-electron chi connectivity index (χ3n) is 6.49. The van der Waals surface area contributed by atoms with Gasteiger partial charge in [0.05, 0.1) is 18.2 Å². The molecule has 172 valence electrons. The Morgan fingerprint density at radius 3 is 2.88 bits per heavy atom. The molecule has 1 saturated heterocycles. The number of nitrogens with two attached hydrogens (primary N) is 1. The Labute approximate surface area is 201 Å². The molecule has 9 heteroatoms. The average Bonchev–Trinajstić information content (AvgIpc) is 3.17. The van der Waals surface area contributed by atoms with Gasteiger partial charge < -0.3 is 25.3 Å². The van der Waals surface area contributed by atoms with E-state index in [-0.39, 0.29) is 17.9 Å². The Morgan fingerprint density at radius 2 is 2.12 bits per heavy atom. The van der Waals surface area contributed by atoms with Gasteiger partial charge in [0.25, 0.3) is 5.91 Å². The van der Waals surface area contributed by atoms with Crippen molar-refractivity contribution in [1.29, 1.82) is 5.26 Å². The Hall–Kier alpha value is -3.96. The number of amides is 2. The molecule has 2 aliphatic heterocycles. The molecule has 0 aliphatic carbocycles. The first-order valence-electron chi connectivity index (χ1n) is 10.9. The first-order valence-corrected chi connectivity index (χ1v) is 11.3. The van der Waals surface area contributed by atoms with E-state index in [1.807, 2.05) is 18.2 Å². The maximum absolute atomic E-state index is 13.5. The number of piperazine rings is 1. The number of nitrogens with zero attached hydrogens (tertiary/aromatic N) is 3. The van der Waals surface area contributed by atoms with Crippen molar-refractivity contribution in [2.24, 2.45) is 0 Å². The molecular formula is C25H22ClN5O3. The first kappa shape index (κ1) is 21.9. The predicted octanol–water partition coefficient (Wildman–Crippen LogP) is 3.56. The molecule has 0 unspecified atom stereocenters. The maximum atomic E-state index is 13.5. The lowest BCUT2D eigenvalue weighted by atomic mass is 9.96. The Bertz CT molecular complexity index is 1390. The molecule has 3 N–H and O–H groups in total. The van der Waals surface area contributed by atoms with Crippen LogP contribution in [0.5, 0.6) is 5.75 Å². The van der Waals surface area contributed by atoms with Crippen molar-refractivity contribution in [3.63, 3.8) is 0 Å². The van der Waals surface area contributed by atoms with E-state index < -0.39 is 0 Å². The summed E-state index contributed by atoms with van der Waals surface area (Å²) < 4.78 is 6.03. The van der Waals surface area contributed by atoms with Crippen LogP contribution in [0.1, 0.15) is 22.3 Å². The van der Waals surface area contributed by atoms with Gasteiger partial charge in [-0.3, -0.25) is 9.59 Å². The highest BCUT2D eigenvalue weighted by molar-refractivity contribution is 6.34. The van der Waals surface area contributed by atoms with E-state index in [1.54, 1.807) is 21.9 Å². The Balaban J connectivity index is 1.56. The fraction of sp³-hybridized carbons (Fsp3) is 0.240. The normalized spacial score (nSPS) is 17.8. The van der Waals surface area contributed by atoms with Gasteiger partial charge in [-0.05, 0) is 29.8 Å². The second kappa shape index (κ2) is 8.43. The summed E-state index contributed by atoms with van der Waals surface area (Å²) in [6.45, 7) is 5.25. The van der Waals surface area contributed by atoms with Crippen LogP contribution in [0, 0.1) is 11.3 Å². The van der Waals surface area contributed by atoms with E-state index in [0.29, 0.717) is 71.3 Å². The highest BCUT2D eigenvalue weighted by Crippen LogP contribution is 2.41. The summed E-state index contributed by atoms with van der Waals surface area (Å²) in [5, 5.41) is 10.7. The number of hydrogen-bond acceptors (Lipinski definition) is 5. The van der Waals surface area contributed by atoms with Crippen LogP contribution in [0.2, 0.25) is 5.02 Å². The number of rotatable bonds is 2. The van der Waals surface area contributed by atoms with Crippen LogP contribution in [-0.2, 0) is 4.79 Å². The lowest BCUT2D eigenvalue weighted by Gasteiger charge is -2.42. The van der Waals surface area contributed by atoms with Crippen LogP contribution in [0.3, 0.4) is 0 Å². The van der Waals surface area contributed by atoms with Crippen LogP contribution in [-0.4, -0.2) is 58.9 Å². The van der Waals surface area contributed by atoms with E-state index in [2.05, 4.69) is 17.6 Å². The monoisotopic (exact) mass is 475 g/mol. The smallest absolute Gasteiger partial charge is 0.258 e. The lowest BCUT2D eigenvalue weighted by molar-refractivity contribution is -0.128. The number of nitrogen functional groups attached to an aromatic ring is 1. The molecule has 1 atom stereocenters. The molecular weight excluding hydrogens is 454 g/mol. The van der Waals surface area contributed by atoms with Crippen molar-refractivity contribution in [3.8, 4) is 22.9 Å². The topological polar surface area (TPSA) is 115 Å². The molecule has 0 bridgehead atoms. The molecule has 2 aliphatic rings. The number of fused-ring (bicyclic) bond motifs is 3. The molecule has 3 aromatic rings. The molecule has 1 fully saturated rings. The summed E-state index contributed by atoms with van der Waals surface area (Å²) in [4.78, 5) is 32.1. The molecule has 2 aromatic carbocycles. The number of aromatic amines is 1. The van der Waals surface area contributed by atoms with E-state index in [0.717, 1.165) is 11.1 Å². The molecule has 0 spiro atoms. The molecule has 34 heavy (non-hydrogen) atoms. The molecule has 2 amide bonds. The number of carbonyl (C=O) groups excluding carboxylic acids is 2. The second-order valence-electron chi connectivity index (χ2n) is 8.36. The molecule has 3 heterocycles. The van der Waals surface area contributed by atoms with Crippen molar-refractivity contribution in [2.75, 3.05) is 32.0 Å². The second-order valence-corrected chi connectivity index (χ2v) is 8.77. The number of aromatic nitrogens is 1. The minimum absolute atomic E-state index is 0.139. The van der Waals surface area contributed by atoms with Gasteiger partial charge in [-0.15, -0.1) is 0 Å². The van der Waals surface area contributed by atoms with Crippen LogP contribution >= 0.6 is 11.6 Å². The average molecular weight is 476 g/mol. The molecule has 0 saturated carbocycles. The number of H-pyrrole nitrogens is 1. The fourth-order valence-corrected chi connectivity index (χ4v) is 5.08. The zero-order chi connectivity index (χ0) is 24.0. The summed E-state index contributed by atoms with van der Waals surface area (Å²) in [5.41, 5.74) is 8.82. The largest absolute Gasteiger partial charge is 0.493 e. The highest BCUT2D eigenvalue weighted by Gasteiger charge is 2.35. The quantitative estimate of drug-likeness (QED) is 0.550. The molecule has 0 radical (unpaired) electrons. The molecule has 1 aromatic heterocycles. The number of nitriles is 1. The van der Waals surface area contributed by atoms with Crippen molar-refractivity contribution >= 4 is 40.1 Å². The van der Waals surface area contributed by atoms with Crippen LogP contribution in [0.15, 0.2) is 43.0 Å². The molecule has 8 nitrogen and oxygen atoms in total. The highest BCUT2D eigenvalue weighted by atomic mass is 35.5. The van der Waals surface area contributed by atoms with Gasteiger partial charge in [0, 0.05) is 47.5 Å². The number of carbonyl (C=O) groups is 2. The first-order chi connectivity index (χ1) is 16.4. The predicted molar refractivity (Wildman–Crippen MR) is 130 cm³/mol. The summed E-state index contributed by atoms with van der Waals surface area (Å²) in [7, 11) is 0. The standard InChI is InChI=1S/C25H22ClN5O3/c1-2-22(32)30-7-8-31-14(13-30)6-9-34-21-11-16(19(26)10-17(21)25(31)33)15-4-3-5-20-23(15)18(12-27)24(28)29-20/h2-5,10-11,14,29H,1,6-9,13,28H2/t14-/m0/s1. The van der Waals surface area contributed by atoms with E-state index >= 15 is 0 Å². The van der Waals surface area contributed by atoms with Crippen molar-refractivity contribution in [1.82, 2.24) is 14.8 Å². The summed E-state index contributed by atoms with van der Waals surface area (Å²) in [6, 6.07) is 10.9. The van der Waals surface area contributed by atoms with E-state index in [1.165, 1.54) is 6.08 Å². The van der Waals surface area contributed by atoms with Crippen molar-refractivity contribution in [3.05, 3.63) is 59.1 Å². The van der Waals surface area contributed by atoms with Crippen molar-refractivity contribution in [2.45, 2.75) is 12.5 Å². The molecule has 5 rings (SSSR count). The van der Waals surface area contributed by atoms with Gasteiger partial charge in [0.2, 0.25) is 5.91 Å². The zero-order valence-corrected chi connectivity index (χ0v) is 19.1. The summed E-state index contributed by atoms with van der Waals surface area (Å²) in [5.74, 6) is 0.408. The number of nitrogens with one attached hydrogen (secondary N) is 1. The van der Waals surface area contributed by atoms with E-state index in [9.17, 15) is 14.9 Å². The number of halogens is 1. The third-order valence-corrected chi connectivity index (χ3v) is 6.81. The number of anilines is 1. The maximum Gasteiger partial charge on any atom is 0.258 e. The van der Waals surface area contributed by atoms with Gasteiger partial charge in [-0.25, -0.2) is 0 Å². The fourth-order valence-electron chi connectivity index (χ4n) is 4.81. The van der Waals surface area contributed by atoms with Crippen LogP contribution < -0.4 is 10.5 Å². The summed E-state index contributed by atoms with van der Waals surface area (Å²) >= 11 is 6.70. The number of hydrogen-bond donors (Lipinski definition) is 2. The SMILES string of the molecule is C=CC(=O)N1CCN2C(=O)c3cc(Cl)c(-c4cccc5[nH]c(N)c(C#N)c45)cc3OCC[C@H]2C1. The van der Waals surface area contributed by atoms with Gasteiger partial charge in [-0.1, -0.05) is 30.3 Å². The zero-order valence-electron chi connectivity index (χ0n) is 18.3. The van der Waals surface area contributed by atoms with Crippen LogP contribution in [0.25, 0.3) is 22.0 Å². The van der Waals surface area contributed by atoms with Gasteiger partial charge in [0.1, 0.15) is 23.2 Å². The number of benzene rings is 2. The van der Waals surface area contributed by atoms with Crippen LogP contribution in [0.4, 0.5) is 5.82 Å². The minimum Gasteiger partial charge on any atom is -0.493 e. The summed E-state index contributed by atoms with van der Waals surface area (Å²) in [6.07, 6.45) is 1.89. The van der Waals surface area contributed by atoms with Gasteiger partial charge in [-0.2, -0.15) is 5.26 Å². The Kier molecular flexibility index (Phi) is 5.42. The van der Waals surface area contributed by atoms with Crippen molar-refractivity contribution < 1.29 is 14.3 Å². The lowest BCUT2D eigenvalue weighted by Crippen LogP contribution is -2.57. The third kappa shape index (κ3) is 3.45. The Morgan fingerprint density at radius 1 is 1.29 bits per heavy atom. The van der Waals surface area contributed by atoms with Gasteiger partial charge >= 0.3 is 0 Å². The number of ether oxygens (including phenoxy) is 1. The van der Waals surface area contributed by atoms with E-state index in [4.69, 9.17) is 22.1 Å². The van der Waals surface area contributed by atoms with Gasteiger partial charge in [0.15, 0.2) is 0 Å².